The summed E-state index contributed by atoms with van der Waals surface area (Å²) in [6, 6.07) is 19.6. The van der Waals surface area contributed by atoms with E-state index in [1.807, 2.05) is 6.07 Å². The van der Waals surface area contributed by atoms with E-state index >= 15 is 0 Å². The fraction of sp³-hybridized carbons (Fsp3) is 0.333. The van der Waals surface area contributed by atoms with Crippen molar-refractivity contribution in [1.29, 1.82) is 0 Å². The molecule has 104 valence electrons. The average molecular weight is 267 g/mol. The summed E-state index contributed by atoms with van der Waals surface area (Å²) in [6.07, 6.45) is 1.12. The Morgan fingerprint density at radius 2 is 1.80 bits per heavy atom. The Balaban J connectivity index is 1.86. The monoisotopic (exact) mass is 267 g/mol. The van der Waals surface area contributed by atoms with Crippen LogP contribution in [0.5, 0.6) is 5.75 Å². The lowest BCUT2D eigenvalue weighted by molar-refractivity contribution is 0.165. The Hall–Kier alpha value is -1.80. The molecule has 0 aliphatic carbocycles. The van der Waals surface area contributed by atoms with Crippen molar-refractivity contribution in [1.82, 2.24) is 4.90 Å². The Bertz CT molecular complexity index is 552. The standard InChI is InChI=1S/C18H21NO/c1-2-17(15-8-4-3-5-9-15)19-12-13-20-18-11-7-6-10-16(18)14-19/h3-11,17H,2,12-14H2,1H3. The molecule has 0 saturated carbocycles. The molecule has 0 radical (unpaired) electrons. The molecule has 2 aromatic rings. The molecule has 2 heteroatoms. The van der Waals surface area contributed by atoms with Gasteiger partial charge in [-0.15, -0.1) is 0 Å². The molecule has 0 spiro atoms. The molecule has 0 saturated heterocycles. The van der Waals surface area contributed by atoms with Crippen LogP contribution in [0.4, 0.5) is 0 Å². The van der Waals surface area contributed by atoms with Gasteiger partial charge in [-0.3, -0.25) is 4.90 Å². The Kier molecular flexibility index (Phi) is 4.03. The quantitative estimate of drug-likeness (QED) is 0.832. The van der Waals surface area contributed by atoms with Crippen molar-refractivity contribution in [3.63, 3.8) is 0 Å². The molecule has 2 nitrogen and oxygen atoms in total. The zero-order chi connectivity index (χ0) is 13.8. The van der Waals surface area contributed by atoms with Gasteiger partial charge in [0.25, 0.3) is 0 Å². The molecular weight excluding hydrogens is 246 g/mol. The summed E-state index contributed by atoms with van der Waals surface area (Å²) in [5.74, 6) is 1.04. The number of nitrogens with zero attached hydrogens (tertiary/aromatic N) is 1. The van der Waals surface area contributed by atoms with Gasteiger partial charge in [0.2, 0.25) is 0 Å². The Labute approximate surface area is 121 Å². The van der Waals surface area contributed by atoms with Crippen molar-refractivity contribution in [2.24, 2.45) is 0 Å². The summed E-state index contributed by atoms with van der Waals surface area (Å²) in [4.78, 5) is 2.53. The van der Waals surface area contributed by atoms with E-state index in [-0.39, 0.29) is 0 Å². The SMILES string of the molecule is CCC(c1ccccc1)N1CCOc2ccccc2C1. The molecule has 1 aliphatic heterocycles. The normalized spacial score (nSPS) is 16.9. The van der Waals surface area contributed by atoms with Crippen molar-refractivity contribution in [2.45, 2.75) is 25.9 Å². The second-order valence-electron chi connectivity index (χ2n) is 5.26. The van der Waals surface area contributed by atoms with Crippen LogP contribution < -0.4 is 4.74 Å². The molecule has 1 heterocycles. The number of fused-ring (bicyclic) bond motifs is 1. The van der Waals surface area contributed by atoms with Gasteiger partial charge in [-0.05, 0) is 18.1 Å². The zero-order valence-corrected chi connectivity index (χ0v) is 12.0. The van der Waals surface area contributed by atoms with Crippen LogP contribution in [0.25, 0.3) is 0 Å². The lowest BCUT2D eigenvalue weighted by Gasteiger charge is -2.29. The van der Waals surface area contributed by atoms with Crippen LogP contribution in [-0.2, 0) is 6.54 Å². The fourth-order valence-corrected chi connectivity index (χ4v) is 2.99. The van der Waals surface area contributed by atoms with E-state index in [0.29, 0.717) is 6.04 Å². The molecule has 0 N–H and O–H groups in total. The third-order valence-corrected chi connectivity index (χ3v) is 3.99. The first kappa shape index (κ1) is 13.2. The summed E-state index contributed by atoms with van der Waals surface area (Å²) >= 11 is 0. The van der Waals surface area contributed by atoms with E-state index in [1.165, 1.54) is 11.1 Å². The van der Waals surface area contributed by atoms with E-state index in [2.05, 4.69) is 60.4 Å². The van der Waals surface area contributed by atoms with Crippen LogP contribution in [-0.4, -0.2) is 18.1 Å². The number of hydrogen-bond donors (Lipinski definition) is 0. The lowest BCUT2D eigenvalue weighted by atomic mass is 10.0. The van der Waals surface area contributed by atoms with Crippen LogP contribution in [0.15, 0.2) is 54.6 Å². The van der Waals surface area contributed by atoms with E-state index < -0.39 is 0 Å². The van der Waals surface area contributed by atoms with E-state index in [1.54, 1.807) is 0 Å². The van der Waals surface area contributed by atoms with Gasteiger partial charge < -0.3 is 4.74 Å². The maximum absolute atomic E-state index is 5.87. The van der Waals surface area contributed by atoms with Gasteiger partial charge in [0.05, 0.1) is 0 Å². The van der Waals surface area contributed by atoms with Crippen molar-refractivity contribution < 1.29 is 4.74 Å². The van der Waals surface area contributed by atoms with Gasteiger partial charge in [0.15, 0.2) is 0 Å². The minimum absolute atomic E-state index is 0.464. The number of ether oxygens (including phenoxy) is 1. The first-order valence-corrected chi connectivity index (χ1v) is 7.38. The summed E-state index contributed by atoms with van der Waals surface area (Å²) in [6.45, 7) is 4.96. The number of rotatable bonds is 3. The van der Waals surface area contributed by atoms with Crippen LogP contribution >= 0.6 is 0 Å². The van der Waals surface area contributed by atoms with Crippen molar-refractivity contribution in [2.75, 3.05) is 13.2 Å². The number of hydrogen-bond acceptors (Lipinski definition) is 2. The maximum Gasteiger partial charge on any atom is 0.123 e. The zero-order valence-electron chi connectivity index (χ0n) is 12.0. The maximum atomic E-state index is 5.87. The Morgan fingerprint density at radius 3 is 2.60 bits per heavy atom. The third-order valence-electron chi connectivity index (χ3n) is 3.99. The molecule has 1 atom stereocenters. The number of para-hydroxylation sites is 1. The van der Waals surface area contributed by atoms with Crippen molar-refractivity contribution in [3.8, 4) is 5.75 Å². The summed E-state index contributed by atoms with van der Waals surface area (Å²) < 4.78 is 5.87. The molecule has 0 fully saturated rings. The van der Waals surface area contributed by atoms with E-state index in [9.17, 15) is 0 Å². The molecule has 0 aromatic heterocycles. The minimum atomic E-state index is 0.464. The van der Waals surface area contributed by atoms with Gasteiger partial charge in [0, 0.05) is 24.7 Å². The van der Waals surface area contributed by atoms with Crippen LogP contribution in [0.1, 0.15) is 30.5 Å². The predicted molar refractivity (Wildman–Crippen MR) is 81.8 cm³/mol. The molecule has 0 bridgehead atoms. The highest BCUT2D eigenvalue weighted by Gasteiger charge is 2.22. The lowest BCUT2D eigenvalue weighted by Crippen LogP contribution is -2.30. The van der Waals surface area contributed by atoms with Gasteiger partial charge in [0.1, 0.15) is 12.4 Å². The van der Waals surface area contributed by atoms with Gasteiger partial charge in [-0.1, -0.05) is 55.5 Å². The first-order valence-electron chi connectivity index (χ1n) is 7.38. The summed E-state index contributed by atoms with van der Waals surface area (Å²) in [7, 11) is 0. The van der Waals surface area contributed by atoms with Gasteiger partial charge in [-0.2, -0.15) is 0 Å². The summed E-state index contributed by atoms with van der Waals surface area (Å²) in [5.41, 5.74) is 2.69. The van der Waals surface area contributed by atoms with Crippen LogP contribution in [0, 0.1) is 0 Å². The highest BCUT2D eigenvalue weighted by atomic mass is 16.5. The second-order valence-corrected chi connectivity index (χ2v) is 5.26. The molecule has 1 aliphatic rings. The third kappa shape index (κ3) is 2.70. The molecule has 0 amide bonds. The van der Waals surface area contributed by atoms with E-state index in [0.717, 1.165) is 31.9 Å². The van der Waals surface area contributed by atoms with Crippen LogP contribution in [0.3, 0.4) is 0 Å². The molecule has 1 unspecified atom stereocenters. The average Bonchev–Trinajstić information content (AvgIpc) is 2.71. The molecule has 3 rings (SSSR count). The Morgan fingerprint density at radius 1 is 1.05 bits per heavy atom. The van der Waals surface area contributed by atoms with Gasteiger partial charge >= 0.3 is 0 Å². The molecule has 2 aromatic carbocycles. The van der Waals surface area contributed by atoms with Crippen molar-refractivity contribution >= 4 is 0 Å². The predicted octanol–water partition coefficient (Wildman–Crippen LogP) is 4.03. The minimum Gasteiger partial charge on any atom is -0.492 e. The highest BCUT2D eigenvalue weighted by molar-refractivity contribution is 5.34. The second kappa shape index (κ2) is 6.10. The topological polar surface area (TPSA) is 12.5 Å². The van der Waals surface area contributed by atoms with Crippen molar-refractivity contribution in [3.05, 3.63) is 65.7 Å². The van der Waals surface area contributed by atoms with Gasteiger partial charge in [-0.25, -0.2) is 0 Å². The summed E-state index contributed by atoms with van der Waals surface area (Å²) in [5, 5.41) is 0. The molecular formula is C18H21NO. The highest BCUT2D eigenvalue weighted by Crippen LogP contribution is 2.30. The first-order chi connectivity index (χ1) is 9.88. The smallest absolute Gasteiger partial charge is 0.123 e. The molecule has 20 heavy (non-hydrogen) atoms. The van der Waals surface area contributed by atoms with Crippen LogP contribution in [0.2, 0.25) is 0 Å². The largest absolute Gasteiger partial charge is 0.492 e. The fourth-order valence-electron chi connectivity index (χ4n) is 2.99. The number of benzene rings is 2. The van der Waals surface area contributed by atoms with E-state index in [4.69, 9.17) is 4.74 Å².